The fraction of sp³-hybridized carbons (Fsp3) is 0.391. The maximum atomic E-state index is 10.9. The maximum absolute atomic E-state index is 10.9. The van der Waals surface area contributed by atoms with Crippen LogP contribution in [0, 0.1) is 13.8 Å². The van der Waals surface area contributed by atoms with Crippen LogP contribution in [0.15, 0.2) is 42.6 Å². The number of nitrogens with zero attached hydrogens (tertiary/aromatic N) is 2. The van der Waals surface area contributed by atoms with Crippen molar-refractivity contribution in [3.8, 4) is 5.75 Å². The van der Waals surface area contributed by atoms with E-state index < -0.39 is 6.10 Å². The second kappa shape index (κ2) is 7.86. The smallest absolute Gasteiger partial charge is 0.119 e. The maximum Gasteiger partial charge on any atom is 0.119 e. The van der Waals surface area contributed by atoms with Crippen molar-refractivity contribution in [2.24, 2.45) is 0 Å². The molecule has 0 spiro atoms. The van der Waals surface area contributed by atoms with Crippen LogP contribution in [0.3, 0.4) is 0 Å². The van der Waals surface area contributed by atoms with E-state index in [1.54, 1.807) is 7.11 Å². The predicted molar refractivity (Wildman–Crippen MR) is 114 cm³/mol. The van der Waals surface area contributed by atoms with Crippen LogP contribution in [-0.4, -0.2) is 54.8 Å². The number of fused-ring (bicyclic) bond motifs is 1. The number of aliphatic hydroxyl groups excluding tert-OH is 1. The number of ether oxygens (including phenoxy) is 1. The molecule has 0 radical (unpaired) electrons. The van der Waals surface area contributed by atoms with E-state index in [2.05, 4.69) is 46.8 Å². The van der Waals surface area contributed by atoms with Gasteiger partial charge in [-0.2, -0.15) is 0 Å². The van der Waals surface area contributed by atoms with Crippen molar-refractivity contribution in [2.75, 3.05) is 44.7 Å². The molecule has 5 heteroatoms. The zero-order valence-corrected chi connectivity index (χ0v) is 16.9. The molecule has 148 valence electrons. The molecule has 1 aromatic heterocycles. The Kier molecular flexibility index (Phi) is 5.29. The number of H-pyrrole nitrogens is 1. The van der Waals surface area contributed by atoms with Crippen molar-refractivity contribution in [3.63, 3.8) is 0 Å². The van der Waals surface area contributed by atoms with E-state index in [1.807, 2.05) is 24.4 Å². The minimum Gasteiger partial charge on any atom is -0.497 e. The normalized spacial score (nSPS) is 16.5. The van der Waals surface area contributed by atoms with Gasteiger partial charge < -0.3 is 19.7 Å². The summed E-state index contributed by atoms with van der Waals surface area (Å²) < 4.78 is 5.34. The summed E-state index contributed by atoms with van der Waals surface area (Å²) in [6.45, 7) is 8.89. The summed E-state index contributed by atoms with van der Waals surface area (Å²) in [4.78, 5) is 8.07. The topological polar surface area (TPSA) is 51.7 Å². The molecule has 1 aliphatic heterocycles. The van der Waals surface area contributed by atoms with Crippen LogP contribution < -0.4 is 9.64 Å². The van der Waals surface area contributed by atoms with Crippen LogP contribution in [0.5, 0.6) is 5.75 Å². The van der Waals surface area contributed by atoms with E-state index in [0.29, 0.717) is 6.54 Å². The van der Waals surface area contributed by atoms with Gasteiger partial charge in [0.05, 0.1) is 13.2 Å². The molecule has 0 aliphatic carbocycles. The number of aromatic nitrogens is 1. The van der Waals surface area contributed by atoms with E-state index in [-0.39, 0.29) is 0 Å². The number of aryl methyl sites for hydroxylation is 1. The lowest BCUT2D eigenvalue weighted by atomic mass is 10.1. The lowest BCUT2D eigenvalue weighted by Gasteiger charge is -2.37. The molecule has 0 saturated carbocycles. The Labute approximate surface area is 166 Å². The molecule has 2 N–H and O–H groups in total. The number of hydrogen-bond donors (Lipinski definition) is 2. The van der Waals surface area contributed by atoms with Gasteiger partial charge in [-0.1, -0.05) is 12.1 Å². The molecule has 3 aromatic rings. The Morgan fingerprint density at radius 1 is 1.11 bits per heavy atom. The first-order chi connectivity index (χ1) is 13.6. The average Bonchev–Trinajstić information content (AvgIpc) is 3.14. The molecule has 1 saturated heterocycles. The molecule has 4 rings (SSSR count). The highest BCUT2D eigenvalue weighted by molar-refractivity contribution is 5.85. The Morgan fingerprint density at radius 2 is 1.89 bits per heavy atom. The average molecular weight is 380 g/mol. The number of aromatic amines is 1. The lowest BCUT2D eigenvalue weighted by molar-refractivity contribution is 0.110. The summed E-state index contributed by atoms with van der Waals surface area (Å²) >= 11 is 0. The number of rotatable bonds is 5. The van der Waals surface area contributed by atoms with Crippen molar-refractivity contribution in [1.82, 2.24) is 9.88 Å². The van der Waals surface area contributed by atoms with E-state index in [4.69, 9.17) is 4.74 Å². The summed E-state index contributed by atoms with van der Waals surface area (Å²) in [5, 5.41) is 11.9. The van der Waals surface area contributed by atoms with E-state index in [9.17, 15) is 5.11 Å². The van der Waals surface area contributed by atoms with E-state index in [1.165, 1.54) is 16.8 Å². The van der Waals surface area contributed by atoms with Crippen LogP contribution in [-0.2, 0) is 0 Å². The second-order valence-electron chi connectivity index (χ2n) is 7.68. The number of nitrogens with one attached hydrogen (secondary N) is 1. The lowest BCUT2D eigenvalue weighted by Crippen LogP contribution is -2.47. The van der Waals surface area contributed by atoms with E-state index >= 15 is 0 Å². The highest BCUT2D eigenvalue weighted by Gasteiger charge is 2.22. The minimum atomic E-state index is -0.520. The number of hydrogen-bond acceptors (Lipinski definition) is 4. The number of piperazine rings is 1. The van der Waals surface area contributed by atoms with Gasteiger partial charge in [-0.05, 0) is 49.2 Å². The molecule has 2 aromatic carbocycles. The molecule has 1 aliphatic rings. The van der Waals surface area contributed by atoms with Crippen LogP contribution in [0.4, 0.5) is 5.69 Å². The second-order valence-corrected chi connectivity index (χ2v) is 7.68. The third-order valence-electron chi connectivity index (χ3n) is 6.00. The first-order valence-corrected chi connectivity index (χ1v) is 9.93. The van der Waals surface area contributed by atoms with Gasteiger partial charge in [0.25, 0.3) is 0 Å². The van der Waals surface area contributed by atoms with Crippen LogP contribution in [0.2, 0.25) is 0 Å². The number of β-amino-alcohol motifs (C(OH)–C–C–N with tert-alkyl or cyclic N) is 1. The number of anilines is 1. The van der Waals surface area contributed by atoms with Crippen LogP contribution >= 0.6 is 0 Å². The monoisotopic (exact) mass is 379 g/mol. The molecule has 28 heavy (non-hydrogen) atoms. The van der Waals surface area contributed by atoms with E-state index in [0.717, 1.165) is 48.4 Å². The van der Waals surface area contributed by atoms with Gasteiger partial charge in [0.15, 0.2) is 0 Å². The summed E-state index contributed by atoms with van der Waals surface area (Å²) in [7, 11) is 1.67. The molecule has 1 fully saturated rings. The Hall–Kier alpha value is -2.50. The third-order valence-corrected chi connectivity index (χ3v) is 6.00. The number of benzene rings is 2. The van der Waals surface area contributed by atoms with Crippen molar-refractivity contribution in [2.45, 2.75) is 20.0 Å². The Morgan fingerprint density at radius 3 is 2.64 bits per heavy atom. The molecule has 2 heterocycles. The number of aliphatic hydroxyl groups is 1. The highest BCUT2D eigenvalue weighted by Crippen LogP contribution is 2.29. The first kappa shape index (κ1) is 18.8. The molecule has 5 nitrogen and oxygen atoms in total. The first-order valence-electron chi connectivity index (χ1n) is 9.93. The van der Waals surface area contributed by atoms with Crippen molar-refractivity contribution < 1.29 is 9.84 Å². The fourth-order valence-electron chi connectivity index (χ4n) is 4.12. The largest absolute Gasteiger partial charge is 0.497 e. The molecular weight excluding hydrogens is 350 g/mol. The highest BCUT2D eigenvalue weighted by atomic mass is 16.5. The third kappa shape index (κ3) is 3.60. The molecule has 0 amide bonds. The number of methoxy groups -OCH3 is 1. The summed E-state index contributed by atoms with van der Waals surface area (Å²) in [5.74, 6) is 0.808. The van der Waals surface area contributed by atoms with Gasteiger partial charge in [0.1, 0.15) is 5.75 Å². The zero-order valence-electron chi connectivity index (χ0n) is 16.9. The van der Waals surface area contributed by atoms with Crippen LogP contribution in [0.25, 0.3) is 10.9 Å². The fourth-order valence-corrected chi connectivity index (χ4v) is 4.12. The van der Waals surface area contributed by atoms with Crippen molar-refractivity contribution in [1.29, 1.82) is 0 Å². The Bertz CT molecular complexity index is 958. The van der Waals surface area contributed by atoms with Gasteiger partial charge >= 0.3 is 0 Å². The van der Waals surface area contributed by atoms with Crippen molar-refractivity contribution >= 4 is 16.6 Å². The molecule has 1 atom stereocenters. The van der Waals surface area contributed by atoms with Gasteiger partial charge in [-0.3, -0.25) is 4.90 Å². The molecule has 0 bridgehead atoms. The van der Waals surface area contributed by atoms with Gasteiger partial charge in [0, 0.05) is 61.1 Å². The van der Waals surface area contributed by atoms with Gasteiger partial charge in [-0.15, -0.1) is 0 Å². The van der Waals surface area contributed by atoms with Crippen molar-refractivity contribution in [3.05, 3.63) is 59.3 Å². The quantitative estimate of drug-likeness (QED) is 0.711. The predicted octanol–water partition coefficient (Wildman–Crippen LogP) is 3.65. The molecule has 0 unspecified atom stereocenters. The summed E-state index contributed by atoms with van der Waals surface area (Å²) in [6.07, 6.45) is 1.40. The summed E-state index contributed by atoms with van der Waals surface area (Å²) in [6, 6.07) is 12.4. The zero-order chi connectivity index (χ0) is 19.7. The minimum absolute atomic E-state index is 0.520. The Balaban J connectivity index is 1.42. The SMILES string of the molecule is COc1ccc2[nH]cc([C@@H](O)CN3CCN(c4cccc(C)c4C)CC3)c2c1. The van der Waals surface area contributed by atoms with Gasteiger partial charge in [-0.25, -0.2) is 0 Å². The molecular formula is C23H29N3O2. The van der Waals surface area contributed by atoms with Crippen LogP contribution in [0.1, 0.15) is 22.8 Å². The van der Waals surface area contributed by atoms with Gasteiger partial charge in [0.2, 0.25) is 0 Å². The summed E-state index contributed by atoms with van der Waals surface area (Å²) in [5.41, 5.74) is 6.00. The standard InChI is InChI=1S/C23H29N3O2/c1-16-5-4-6-22(17(16)2)26-11-9-25(10-12-26)15-23(27)20-14-24-21-8-7-18(28-3)13-19(20)21/h4-8,13-14,23-24,27H,9-12,15H2,1-3H3/t23-/m0/s1.